The zero-order valence-electron chi connectivity index (χ0n) is 4.31. The SMILES string of the molecule is [Hf][O]C1CCCC1. The molecular weight excluding hydrogens is 255 g/mol. The zero-order chi connectivity index (χ0) is 5.11. The van der Waals surface area contributed by atoms with E-state index in [1.807, 2.05) is 0 Å². The summed E-state index contributed by atoms with van der Waals surface area (Å²) in [6.07, 6.45) is 6.10. The first-order valence-corrected chi connectivity index (χ1v) is 4.22. The molecule has 1 rings (SSSR count). The van der Waals surface area contributed by atoms with Crippen molar-refractivity contribution in [1.29, 1.82) is 0 Å². The van der Waals surface area contributed by atoms with Crippen LogP contribution in [0.15, 0.2) is 0 Å². The van der Waals surface area contributed by atoms with Crippen molar-refractivity contribution < 1.29 is 27.7 Å². The molecule has 0 unspecified atom stereocenters. The van der Waals surface area contributed by atoms with Gasteiger partial charge >= 0.3 is 59.5 Å². The molecule has 0 aromatic carbocycles. The first-order valence-electron chi connectivity index (χ1n) is 2.76. The molecule has 0 aromatic heterocycles. The van der Waals surface area contributed by atoms with Crippen LogP contribution in [0.1, 0.15) is 25.7 Å². The molecule has 0 heterocycles. The van der Waals surface area contributed by atoms with E-state index in [4.69, 9.17) is 2.85 Å². The van der Waals surface area contributed by atoms with Crippen LogP contribution >= 0.6 is 0 Å². The van der Waals surface area contributed by atoms with Gasteiger partial charge in [-0.2, -0.15) is 0 Å². The summed E-state index contributed by atoms with van der Waals surface area (Å²) in [5.74, 6) is 0. The number of hydrogen-bond acceptors (Lipinski definition) is 1. The summed E-state index contributed by atoms with van der Waals surface area (Å²) < 4.78 is 5.25. The van der Waals surface area contributed by atoms with E-state index in [0.717, 1.165) is 24.8 Å². The van der Waals surface area contributed by atoms with Gasteiger partial charge in [-0.15, -0.1) is 0 Å². The summed E-state index contributed by atoms with van der Waals surface area (Å²) in [7, 11) is 0. The fourth-order valence-corrected chi connectivity index (χ4v) is 1.85. The summed E-state index contributed by atoms with van der Waals surface area (Å²) in [5.41, 5.74) is 0. The van der Waals surface area contributed by atoms with Crippen LogP contribution in [0.25, 0.3) is 0 Å². The van der Waals surface area contributed by atoms with Crippen LogP contribution in [0.3, 0.4) is 0 Å². The van der Waals surface area contributed by atoms with Crippen LogP contribution in [0.4, 0.5) is 0 Å². The van der Waals surface area contributed by atoms with Crippen LogP contribution in [-0.4, -0.2) is 6.10 Å². The Bertz CT molecular complexity index is 50.0. The van der Waals surface area contributed by atoms with Crippen molar-refractivity contribution >= 4 is 0 Å². The van der Waals surface area contributed by atoms with E-state index >= 15 is 0 Å². The van der Waals surface area contributed by atoms with Gasteiger partial charge in [0.15, 0.2) is 0 Å². The summed E-state index contributed by atoms with van der Waals surface area (Å²) in [4.78, 5) is 0. The molecule has 1 nitrogen and oxygen atoms in total. The average molecular weight is 264 g/mol. The minimum absolute atomic E-state index is 0.659. The predicted molar refractivity (Wildman–Crippen MR) is 23.3 cm³/mol. The molecule has 0 aliphatic heterocycles. The minimum atomic E-state index is 0.659. The van der Waals surface area contributed by atoms with Crippen molar-refractivity contribution in [3.8, 4) is 0 Å². The van der Waals surface area contributed by atoms with Crippen LogP contribution in [0.5, 0.6) is 0 Å². The first-order chi connectivity index (χ1) is 3.43. The van der Waals surface area contributed by atoms with Crippen molar-refractivity contribution in [3.63, 3.8) is 0 Å². The van der Waals surface area contributed by atoms with Gasteiger partial charge in [0, 0.05) is 0 Å². The van der Waals surface area contributed by atoms with Crippen molar-refractivity contribution in [2.45, 2.75) is 31.8 Å². The molecule has 7 heavy (non-hydrogen) atoms. The molecule has 39 valence electrons. The molecule has 0 saturated heterocycles. The summed E-state index contributed by atoms with van der Waals surface area (Å²) >= 11 is 0.932. The maximum atomic E-state index is 5.25. The zero-order valence-corrected chi connectivity index (χ0v) is 7.91. The Morgan fingerprint density at radius 3 is 2.14 bits per heavy atom. The summed E-state index contributed by atoms with van der Waals surface area (Å²) in [5, 5.41) is 0. The van der Waals surface area contributed by atoms with Crippen LogP contribution in [-0.2, 0) is 27.7 Å². The molecule has 0 bridgehead atoms. The Morgan fingerprint density at radius 1 is 1.29 bits per heavy atom. The second kappa shape index (κ2) is 2.98. The van der Waals surface area contributed by atoms with Crippen LogP contribution in [0, 0.1) is 0 Å². The Balaban J connectivity index is 2.14. The van der Waals surface area contributed by atoms with Gasteiger partial charge in [-0.1, -0.05) is 0 Å². The van der Waals surface area contributed by atoms with E-state index in [0.29, 0.717) is 6.10 Å². The van der Waals surface area contributed by atoms with Gasteiger partial charge in [0.05, 0.1) is 0 Å². The molecule has 0 N–H and O–H groups in total. The van der Waals surface area contributed by atoms with Crippen molar-refractivity contribution in [1.82, 2.24) is 0 Å². The molecule has 1 saturated carbocycles. The van der Waals surface area contributed by atoms with Gasteiger partial charge < -0.3 is 0 Å². The van der Waals surface area contributed by atoms with Gasteiger partial charge in [0.25, 0.3) is 0 Å². The molecule has 0 spiro atoms. The molecule has 1 aliphatic rings. The third-order valence-corrected chi connectivity index (χ3v) is 2.67. The van der Waals surface area contributed by atoms with Gasteiger partial charge in [0.1, 0.15) is 0 Å². The number of hydrogen-bond donors (Lipinski definition) is 0. The molecule has 0 amide bonds. The number of rotatable bonds is 1. The summed E-state index contributed by atoms with van der Waals surface area (Å²) in [6, 6.07) is 0. The van der Waals surface area contributed by atoms with Crippen LogP contribution in [0.2, 0.25) is 0 Å². The standard InChI is InChI=1S/C5H9O.Hf/c6-5-3-1-2-4-5;/h5H,1-4H2;/q-1;+1. The molecule has 0 aromatic rings. The van der Waals surface area contributed by atoms with Crippen LogP contribution < -0.4 is 0 Å². The van der Waals surface area contributed by atoms with E-state index in [9.17, 15) is 0 Å². The Morgan fingerprint density at radius 2 is 1.86 bits per heavy atom. The molecule has 0 radical (unpaired) electrons. The second-order valence-corrected chi connectivity index (χ2v) is 2.87. The van der Waals surface area contributed by atoms with Crippen molar-refractivity contribution in [2.75, 3.05) is 0 Å². The molecule has 0 atom stereocenters. The van der Waals surface area contributed by atoms with Gasteiger partial charge in [0.2, 0.25) is 0 Å². The second-order valence-electron chi connectivity index (χ2n) is 2.02. The van der Waals surface area contributed by atoms with E-state index in [1.165, 1.54) is 25.7 Å². The molecule has 1 aliphatic carbocycles. The molecule has 1 fully saturated rings. The predicted octanol–water partition coefficient (Wildman–Crippen LogP) is 1.41. The molecular formula is C5H9HfO. The third-order valence-electron chi connectivity index (χ3n) is 1.47. The van der Waals surface area contributed by atoms with E-state index < -0.39 is 0 Å². The molecule has 2 heteroatoms. The van der Waals surface area contributed by atoms with E-state index in [1.54, 1.807) is 0 Å². The fourth-order valence-electron chi connectivity index (χ4n) is 1.01. The van der Waals surface area contributed by atoms with Gasteiger partial charge in [-0.05, 0) is 0 Å². The van der Waals surface area contributed by atoms with Crippen molar-refractivity contribution in [3.05, 3.63) is 0 Å². The normalized spacial score (nSPS) is 23.3. The monoisotopic (exact) mass is 265 g/mol. The van der Waals surface area contributed by atoms with Crippen molar-refractivity contribution in [2.24, 2.45) is 0 Å². The Kier molecular flexibility index (Phi) is 2.53. The third kappa shape index (κ3) is 1.65. The van der Waals surface area contributed by atoms with Gasteiger partial charge in [-0.3, -0.25) is 0 Å². The van der Waals surface area contributed by atoms with E-state index in [2.05, 4.69) is 0 Å². The van der Waals surface area contributed by atoms with E-state index in [-0.39, 0.29) is 0 Å². The Labute approximate surface area is 59.6 Å². The van der Waals surface area contributed by atoms with Gasteiger partial charge in [-0.25, -0.2) is 0 Å². The first kappa shape index (κ1) is 5.96. The average Bonchev–Trinajstić information content (AvgIpc) is 2.14. The summed E-state index contributed by atoms with van der Waals surface area (Å²) in [6.45, 7) is 0. The topological polar surface area (TPSA) is 9.23 Å². The fraction of sp³-hybridized carbons (Fsp3) is 1.00. The quantitative estimate of drug-likeness (QED) is 0.650. The Hall–Kier alpha value is 0.830. The maximum absolute atomic E-state index is 5.25.